The molecule has 1 aromatic rings. The van der Waals surface area contributed by atoms with Crippen molar-refractivity contribution >= 4 is 17.3 Å². The number of carbonyl (C=O) groups is 1. The largest absolute Gasteiger partial charge is 0.478 e. The maximum absolute atomic E-state index is 10.1. The summed E-state index contributed by atoms with van der Waals surface area (Å²) in [5.41, 5.74) is 0.370. The molecule has 0 saturated carbocycles. The van der Waals surface area contributed by atoms with E-state index in [1.807, 2.05) is 0 Å². The Morgan fingerprint density at radius 3 is 2.56 bits per heavy atom. The van der Waals surface area contributed by atoms with Gasteiger partial charge in [-0.3, -0.25) is 0 Å². The van der Waals surface area contributed by atoms with Crippen LogP contribution in [0, 0.1) is 49.4 Å². The van der Waals surface area contributed by atoms with Gasteiger partial charge in [-0.05, 0) is 11.4 Å². The minimum Gasteiger partial charge on any atom is -0.478 e. The maximum Gasteiger partial charge on any atom is 0.336 e. The molecule has 0 bridgehead atoms. The Labute approximate surface area is 97.4 Å². The SMILES string of the molecule is O=C(O)c1ccsc1.[Eu]. The summed E-state index contributed by atoms with van der Waals surface area (Å²) in [6.07, 6.45) is 0. The Bertz CT molecular complexity index is 183. The number of carboxylic acid groups (broad SMARTS) is 1. The van der Waals surface area contributed by atoms with Gasteiger partial charge in [-0.25, -0.2) is 4.79 Å². The quantitative estimate of drug-likeness (QED) is 0.845. The van der Waals surface area contributed by atoms with E-state index in [0.717, 1.165) is 0 Å². The molecule has 1 radical (unpaired) electrons. The van der Waals surface area contributed by atoms with E-state index in [1.54, 1.807) is 16.8 Å². The van der Waals surface area contributed by atoms with Crippen LogP contribution in [0.1, 0.15) is 10.4 Å². The number of aromatic carboxylic acids is 1. The molecule has 0 unspecified atom stereocenters. The third-order valence-corrected chi connectivity index (χ3v) is 1.45. The van der Waals surface area contributed by atoms with Crippen molar-refractivity contribution in [2.45, 2.75) is 0 Å². The molecule has 0 saturated heterocycles. The topological polar surface area (TPSA) is 37.3 Å². The molecule has 4 heteroatoms. The Hall–Kier alpha value is 0.754. The molecule has 1 rings (SSSR count). The molecule has 0 aliphatic heterocycles. The number of rotatable bonds is 1. The molecule has 0 fully saturated rings. The Balaban J connectivity index is 0.000000640. The second-order valence-corrected chi connectivity index (χ2v) is 2.10. The van der Waals surface area contributed by atoms with E-state index in [1.165, 1.54) is 11.3 Å². The molecule has 0 aliphatic rings. The summed E-state index contributed by atoms with van der Waals surface area (Å²) in [6, 6.07) is 1.58. The van der Waals surface area contributed by atoms with Gasteiger partial charge < -0.3 is 5.11 Å². The van der Waals surface area contributed by atoms with E-state index in [4.69, 9.17) is 5.11 Å². The first-order valence-corrected chi connectivity index (χ1v) is 3.00. The van der Waals surface area contributed by atoms with Crippen LogP contribution in [-0.4, -0.2) is 11.1 Å². The molecule has 2 nitrogen and oxygen atoms in total. The monoisotopic (exact) mass is 281 g/mol. The zero-order valence-corrected chi connectivity index (χ0v) is 7.62. The molecule has 0 aromatic carbocycles. The van der Waals surface area contributed by atoms with Gasteiger partial charge in [-0.1, -0.05) is 0 Å². The van der Waals surface area contributed by atoms with Crippen LogP contribution in [-0.2, 0) is 0 Å². The van der Waals surface area contributed by atoms with Crippen molar-refractivity contribution in [3.63, 3.8) is 0 Å². The third-order valence-electron chi connectivity index (χ3n) is 0.768. The maximum atomic E-state index is 10.1. The molecular formula is C5H4EuO2S. The molecule has 0 spiro atoms. The zero-order valence-electron chi connectivity index (χ0n) is 4.37. The van der Waals surface area contributed by atoms with Crippen molar-refractivity contribution in [1.29, 1.82) is 0 Å². The van der Waals surface area contributed by atoms with Crippen molar-refractivity contribution in [3.8, 4) is 0 Å². The van der Waals surface area contributed by atoms with Gasteiger partial charge in [0.15, 0.2) is 0 Å². The van der Waals surface area contributed by atoms with E-state index in [-0.39, 0.29) is 49.4 Å². The Morgan fingerprint density at radius 1 is 1.67 bits per heavy atom. The van der Waals surface area contributed by atoms with Crippen LogP contribution >= 0.6 is 11.3 Å². The fraction of sp³-hybridized carbons (Fsp3) is 0. The minimum atomic E-state index is -0.855. The van der Waals surface area contributed by atoms with Crippen molar-refractivity contribution in [2.24, 2.45) is 0 Å². The van der Waals surface area contributed by atoms with Crippen molar-refractivity contribution in [2.75, 3.05) is 0 Å². The van der Waals surface area contributed by atoms with Crippen LogP contribution in [0.2, 0.25) is 0 Å². The number of thiophene rings is 1. The van der Waals surface area contributed by atoms with Gasteiger partial charge in [0.05, 0.1) is 5.56 Å². The summed E-state index contributed by atoms with van der Waals surface area (Å²) in [5.74, 6) is -0.855. The average Bonchev–Trinajstić information content (AvgIpc) is 2.12. The van der Waals surface area contributed by atoms with Gasteiger partial charge in [-0.15, -0.1) is 0 Å². The van der Waals surface area contributed by atoms with Gasteiger partial charge in [-0.2, -0.15) is 11.3 Å². The summed E-state index contributed by atoms with van der Waals surface area (Å²) in [7, 11) is 0. The molecule has 0 amide bonds. The van der Waals surface area contributed by atoms with E-state index in [9.17, 15) is 4.79 Å². The average molecular weight is 280 g/mol. The Morgan fingerprint density at radius 2 is 2.33 bits per heavy atom. The first-order valence-electron chi connectivity index (χ1n) is 2.06. The van der Waals surface area contributed by atoms with Gasteiger partial charge in [0.1, 0.15) is 0 Å². The van der Waals surface area contributed by atoms with E-state index in [2.05, 4.69) is 0 Å². The summed E-state index contributed by atoms with van der Waals surface area (Å²) >= 11 is 1.39. The van der Waals surface area contributed by atoms with E-state index < -0.39 is 5.97 Å². The van der Waals surface area contributed by atoms with Crippen LogP contribution in [0.25, 0.3) is 0 Å². The van der Waals surface area contributed by atoms with Crippen LogP contribution in [0.3, 0.4) is 0 Å². The first-order chi connectivity index (χ1) is 3.80. The fourth-order valence-electron chi connectivity index (χ4n) is 0.386. The van der Waals surface area contributed by atoms with Crippen LogP contribution in [0.4, 0.5) is 0 Å². The predicted octanol–water partition coefficient (Wildman–Crippen LogP) is 1.45. The van der Waals surface area contributed by atoms with Gasteiger partial charge in [0.2, 0.25) is 0 Å². The molecule has 1 heterocycles. The first kappa shape index (κ1) is 9.75. The second-order valence-electron chi connectivity index (χ2n) is 1.32. The molecule has 1 aromatic heterocycles. The summed E-state index contributed by atoms with van der Waals surface area (Å²) in [6.45, 7) is 0. The second kappa shape index (κ2) is 4.55. The minimum absolute atomic E-state index is 0. The molecule has 1 N–H and O–H groups in total. The number of hydrogen-bond acceptors (Lipinski definition) is 2. The summed E-state index contributed by atoms with van der Waals surface area (Å²) in [5, 5.41) is 11.6. The standard InChI is InChI=1S/C5H4O2S.Eu/c6-5(7)4-1-2-8-3-4;/h1-3H,(H,6,7);. The smallest absolute Gasteiger partial charge is 0.336 e. The van der Waals surface area contributed by atoms with Crippen LogP contribution in [0.15, 0.2) is 16.8 Å². The molecular weight excluding hydrogens is 276 g/mol. The molecule has 49 valence electrons. The predicted molar refractivity (Wildman–Crippen MR) is 31.3 cm³/mol. The molecule has 0 atom stereocenters. The van der Waals surface area contributed by atoms with Crippen molar-refractivity contribution in [3.05, 3.63) is 22.4 Å². The third kappa shape index (κ3) is 2.89. The van der Waals surface area contributed by atoms with E-state index in [0.29, 0.717) is 5.56 Å². The molecule has 9 heavy (non-hydrogen) atoms. The Kier molecular flexibility index (Phi) is 4.93. The zero-order chi connectivity index (χ0) is 5.98. The normalized spacial score (nSPS) is 8.00. The number of carboxylic acids is 1. The number of hydrogen-bond donors (Lipinski definition) is 1. The fourth-order valence-corrected chi connectivity index (χ4v) is 1.02. The summed E-state index contributed by atoms with van der Waals surface area (Å²) in [4.78, 5) is 10.1. The van der Waals surface area contributed by atoms with Gasteiger partial charge >= 0.3 is 5.97 Å². The van der Waals surface area contributed by atoms with Crippen LogP contribution in [0.5, 0.6) is 0 Å². The van der Waals surface area contributed by atoms with Crippen molar-refractivity contribution < 1.29 is 59.3 Å². The van der Waals surface area contributed by atoms with Gasteiger partial charge in [0.25, 0.3) is 0 Å². The van der Waals surface area contributed by atoms with E-state index >= 15 is 0 Å². The van der Waals surface area contributed by atoms with Gasteiger partial charge in [0, 0.05) is 54.8 Å². The summed E-state index contributed by atoms with van der Waals surface area (Å²) < 4.78 is 0. The van der Waals surface area contributed by atoms with Crippen molar-refractivity contribution in [1.82, 2.24) is 0 Å². The molecule has 0 aliphatic carbocycles. The van der Waals surface area contributed by atoms with Crippen LogP contribution < -0.4 is 0 Å².